The molecule has 11 heavy (non-hydrogen) atoms. The Morgan fingerprint density at radius 3 is 2.55 bits per heavy atom. The van der Waals surface area contributed by atoms with Gasteiger partial charge in [-0.3, -0.25) is 0 Å². The lowest BCUT2D eigenvalue weighted by Crippen LogP contribution is -2.19. The number of rotatable bonds is 6. The fraction of sp³-hybridized carbons (Fsp3) is 0.800. The monoisotopic (exact) mass is 155 g/mol. The van der Waals surface area contributed by atoms with Gasteiger partial charge in [0.1, 0.15) is 0 Å². The van der Waals surface area contributed by atoms with Gasteiger partial charge < -0.3 is 4.90 Å². The summed E-state index contributed by atoms with van der Waals surface area (Å²) in [6, 6.07) is 0. The van der Waals surface area contributed by atoms with Crippen molar-refractivity contribution in [3.63, 3.8) is 0 Å². The summed E-state index contributed by atoms with van der Waals surface area (Å²) in [7, 11) is 2.18. The molecule has 0 heterocycles. The number of hydrogen-bond acceptors (Lipinski definition) is 1. The molecule has 0 N–H and O–H groups in total. The third kappa shape index (κ3) is 7.60. The molecule has 0 bridgehead atoms. The van der Waals surface area contributed by atoms with E-state index in [4.69, 9.17) is 0 Å². The highest BCUT2D eigenvalue weighted by molar-refractivity contribution is 4.79. The molecule has 1 nitrogen and oxygen atoms in total. The smallest absolute Gasteiger partial charge is 0.0160 e. The van der Waals surface area contributed by atoms with Crippen LogP contribution >= 0.6 is 0 Å². The normalized spacial score (nSPS) is 11.6. The van der Waals surface area contributed by atoms with Gasteiger partial charge in [-0.15, -0.1) is 0 Å². The van der Waals surface area contributed by atoms with E-state index >= 15 is 0 Å². The van der Waals surface area contributed by atoms with Crippen molar-refractivity contribution in [1.29, 1.82) is 0 Å². The van der Waals surface area contributed by atoms with Crippen LogP contribution in [-0.2, 0) is 0 Å². The zero-order chi connectivity index (χ0) is 8.53. The lowest BCUT2D eigenvalue weighted by molar-refractivity contribution is 0.358. The molecular weight excluding hydrogens is 134 g/mol. The number of likely N-dealkylation sites (N-methyl/N-ethyl adjacent to an activating group) is 1. The van der Waals surface area contributed by atoms with E-state index in [9.17, 15) is 0 Å². The fourth-order valence-electron chi connectivity index (χ4n) is 1.01. The minimum absolute atomic E-state index is 1.10. The average molecular weight is 155 g/mol. The second-order valence-electron chi connectivity index (χ2n) is 3.04. The first-order valence-electron chi connectivity index (χ1n) is 4.61. The van der Waals surface area contributed by atoms with Gasteiger partial charge in [-0.2, -0.15) is 0 Å². The average Bonchev–Trinajstić information content (AvgIpc) is 2.01. The zero-order valence-electron chi connectivity index (χ0n) is 8.14. The van der Waals surface area contributed by atoms with Crippen LogP contribution in [0.1, 0.15) is 33.1 Å². The molecule has 66 valence electrons. The molecule has 0 spiro atoms. The van der Waals surface area contributed by atoms with Crippen LogP contribution in [0.4, 0.5) is 0 Å². The topological polar surface area (TPSA) is 3.24 Å². The minimum atomic E-state index is 1.10. The first-order valence-corrected chi connectivity index (χ1v) is 4.61. The predicted molar refractivity (Wildman–Crippen MR) is 51.8 cm³/mol. The molecule has 0 aliphatic rings. The molecule has 0 aromatic carbocycles. The van der Waals surface area contributed by atoms with Crippen LogP contribution in [0.3, 0.4) is 0 Å². The number of unbranched alkanes of at least 4 members (excludes halogenated alkanes) is 2. The molecule has 0 amide bonds. The van der Waals surface area contributed by atoms with Crippen molar-refractivity contribution in [3.8, 4) is 0 Å². The van der Waals surface area contributed by atoms with Gasteiger partial charge in [0.05, 0.1) is 0 Å². The summed E-state index contributed by atoms with van der Waals surface area (Å²) in [6.45, 7) is 6.64. The number of nitrogens with zero attached hydrogens (tertiary/aromatic N) is 1. The second-order valence-corrected chi connectivity index (χ2v) is 3.04. The highest BCUT2D eigenvalue weighted by Gasteiger charge is 1.92. The molecule has 0 radical (unpaired) electrons. The largest absolute Gasteiger partial charge is 0.303 e. The zero-order valence-corrected chi connectivity index (χ0v) is 8.14. The van der Waals surface area contributed by atoms with Crippen LogP contribution in [-0.4, -0.2) is 25.0 Å². The first-order chi connectivity index (χ1) is 5.31. The molecule has 0 aliphatic carbocycles. The van der Waals surface area contributed by atoms with Crippen molar-refractivity contribution in [2.75, 3.05) is 20.1 Å². The van der Waals surface area contributed by atoms with Crippen molar-refractivity contribution in [2.45, 2.75) is 33.1 Å². The van der Waals surface area contributed by atoms with E-state index < -0.39 is 0 Å². The van der Waals surface area contributed by atoms with E-state index in [1.807, 2.05) is 0 Å². The standard InChI is InChI=1S/C10H21N/c1-4-6-8-10-11(3)9-7-5-2/h5,7H,4,6,8-10H2,1-3H3/b7-5-. The van der Waals surface area contributed by atoms with Crippen LogP contribution in [0.2, 0.25) is 0 Å². The summed E-state index contributed by atoms with van der Waals surface area (Å²) in [6.07, 6.45) is 8.32. The Labute approximate surface area is 71.1 Å². The summed E-state index contributed by atoms with van der Waals surface area (Å²) in [5.74, 6) is 0. The molecule has 0 saturated carbocycles. The van der Waals surface area contributed by atoms with Crippen molar-refractivity contribution in [1.82, 2.24) is 4.90 Å². The van der Waals surface area contributed by atoms with E-state index in [0.29, 0.717) is 0 Å². The molecular formula is C10H21N. The number of hydrogen-bond donors (Lipinski definition) is 0. The number of allylic oxidation sites excluding steroid dienone is 1. The fourth-order valence-corrected chi connectivity index (χ4v) is 1.01. The molecule has 0 aromatic rings. The molecule has 0 aromatic heterocycles. The van der Waals surface area contributed by atoms with Gasteiger partial charge in [-0.25, -0.2) is 0 Å². The van der Waals surface area contributed by atoms with Crippen molar-refractivity contribution >= 4 is 0 Å². The second kappa shape index (κ2) is 7.80. The Hall–Kier alpha value is -0.300. The molecule has 0 fully saturated rings. The van der Waals surface area contributed by atoms with Gasteiger partial charge >= 0.3 is 0 Å². The van der Waals surface area contributed by atoms with Crippen LogP contribution in [0, 0.1) is 0 Å². The maximum atomic E-state index is 2.36. The maximum absolute atomic E-state index is 2.36. The lowest BCUT2D eigenvalue weighted by atomic mass is 10.2. The van der Waals surface area contributed by atoms with E-state index in [2.05, 4.69) is 37.9 Å². The van der Waals surface area contributed by atoms with Gasteiger partial charge in [0.15, 0.2) is 0 Å². The SMILES string of the molecule is C/C=C\CN(C)CCCCC. The maximum Gasteiger partial charge on any atom is 0.0160 e. The van der Waals surface area contributed by atoms with Crippen LogP contribution < -0.4 is 0 Å². The highest BCUT2D eigenvalue weighted by Crippen LogP contribution is 1.95. The summed E-state index contributed by atoms with van der Waals surface area (Å²) in [5.41, 5.74) is 0. The molecule has 1 heteroatoms. The summed E-state index contributed by atoms with van der Waals surface area (Å²) >= 11 is 0. The van der Waals surface area contributed by atoms with Gasteiger partial charge in [0.2, 0.25) is 0 Å². The molecule has 0 saturated heterocycles. The Balaban J connectivity index is 3.15. The predicted octanol–water partition coefficient (Wildman–Crippen LogP) is 2.68. The van der Waals surface area contributed by atoms with E-state index in [-0.39, 0.29) is 0 Å². The van der Waals surface area contributed by atoms with Crippen molar-refractivity contribution in [2.24, 2.45) is 0 Å². The molecule has 0 aliphatic heterocycles. The Morgan fingerprint density at radius 1 is 1.27 bits per heavy atom. The van der Waals surface area contributed by atoms with Crippen LogP contribution in [0.25, 0.3) is 0 Å². The van der Waals surface area contributed by atoms with Gasteiger partial charge in [-0.1, -0.05) is 31.9 Å². The van der Waals surface area contributed by atoms with Crippen LogP contribution in [0.5, 0.6) is 0 Å². The summed E-state index contributed by atoms with van der Waals surface area (Å²) < 4.78 is 0. The summed E-state index contributed by atoms with van der Waals surface area (Å²) in [5, 5.41) is 0. The van der Waals surface area contributed by atoms with E-state index in [1.54, 1.807) is 0 Å². The van der Waals surface area contributed by atoms with Crippen molar-refractivity contribution < 1.29 is 0 Å². The quantitative estimate of drug-likeness (QED) is 0.421. The minimum Gasteiger partial charge on any atom is -0.303 e. The van der Waals surface area contributed by atoms with Crippen molar-refractivity contribution in [3.05, 3.63) is 12.2 Å². The Morgan fingerprint density at radius 2 is 2.00 bits per heavy atom. The Kier molecular flexibility index (Phi) is 7.59. The third-order valence-electron chi connectivity index (χ3n) is 1.80. The summed E-state index contributed by atoms with van der Waals surface area (Å²) in [4.78, 5) is 2.36. The Bertz CT molecular complexity index is 97.0. The molecule has 0 rings (SSSR count). The van der Waals surface area contributed by atoms with Gasteiger partial charge in [-0.05, 0) is 26.9 Å². The third-order valence-corrected chi connectivity index (χ3v) is 1.80. The van der Waals surface area contributed by atoms with Gasteiger partial charge in [0, 0.05) is 6.54 Å². The van der Waals surface area contributed by atoms with E-state index in [0.717, 1.165) is 6.54 Å². The molecule has 0 unspecified atom stereocenters. The first kappa shape index (κ1) is 10.7. The van der Waals surface area contributed by atoms with E-state index in [1.165, 1.54) is 25.8 Å². The van der Waals surface area contributed by atoms with Gasteiger partial charge in [0.25, 0.3) is 0 Å². The van der Waals surface area contributed by atoms with Crippen LogP contribution in [0.15, 0.2) is 12.2 Å². The lowest BCUT2D eigenvalue weighted by Gasteiger charge is -2.13. The highest BCUT2D eigenvalue weighted by atomic mass is 15.1. The molecule has 0 atom stereocenters.